The normalized spacial score (nSPS) is 13.5. The lowest BCUT2D eigenvalue weighted by molar-refractivity contribution is 0.779. The third-order valence-electron chi connectivity index (χ3n) is 3.68. The largest absolute Gasteiger partial charge is 0.0877 e. The summed E-state index contributed by atoms with van der Waals surface area (Å²) >= 11 is 3.83. The molecule has 0 unspecified atom stereocenters. The lowest BCUT2D eigenvalue weighted by Gasteiger charge is -2.23. The highest BCUT2D eigenvalue weighted by Crippen LogP contribution is 2.50. The van der Waals surface area contributed by atoms with Crippen molar-refractivity contribution in [3.05, 3.63) is 47.5 Å². The topological polar surface area (TPSA) is 0 Å². The second-order valence-electron chi connectivity index (χ2n) is 5.89. The van der Waals surface area contributed by atoms with Crippen molar-refractivity contribution in [2.24, 2.45) is 0 Å². The predicted molar refractivity (Wildman–Crippen MR) is 89.3 cm³/mol. The summed E-state index contributed by atoms with van der Waals surface area (Å²) in [6.07, 6.45) is 0. The second kappa shape index (κ2) is 5.50. The number of rotatable bonds is 2. The van der Waals surface area contributed by atoms with E-state index >= 15 is 0 Å². The van der Waals surface area contributed by atoms with Gasteiger partial charge in [0.05, 0.1) is 0 Å². The first-order valence-electron chi connectivity index (χ1n) is 7.19. The highest BCUT2D eigenvalue weighted by molar-refractivity contribution is 8.05. The van der Waals surface area contributed by atoms with Crippen LogP contribution in [0, 0.1) is 0 Å². The Morgan fingerprint density at radius 2 is 1.05 bits per heavy atom. The summed E-state index contributed by atoms with van der Waals surface area (Å²) in [5.41, 5.74) is 3.01. The molecule has 20 heavy (non-hydrogen) atoms. The zero-order valence-electron chi connectivity index (χ0n) is 12.4. The summed E-state index contributed by atoms with van der Waals surface area (Å²) in [4.78, 5) is 5.61. The van der Waals surface area contributed by atoms with Crippen molar-refractivity contribution in [3.63, 3.8) is 0 Å². The van der Waals surface area contributed by atoms with Crippen molar-refractivity contribution in [2.45, 2.75) is 59.1 Å². The van der Waals surface area contributed by atoms with Gasteiger partial charge >= 0.3 is 0 Å². The van der Waals surface area contributed by atoms with Crippen molar-refractivity contribution in [1.82, 2.24) is 0 Å². The maximum Gasteiger partial charge on any atom is 0.0265 e. The Labute approximate surface area is 130 Å². The zero-order chi connectivity index (χ0) is 14.3. The molecule has 1 aliphatic heterocycles. The van der Waals surface area contributed by atoms with Gasteiger partial charge in [-0.3, -0.25) is 0 Å². The molecule has 2 aromatic carbocycles. The van der Waals surface area contributed by atoms with Crippen LogP contribution < -0.4 is 0 Å². The molecule has 0 fully saturated rings. The Hall–Kier alpha value is -0.860. The van der Waals surface area contributed by atoms with E-state index in [9.17, 15) is 0 Å². The van der Waals surface area contributed by atoms with Crippen LogP contribution in [0.25, 0.3) is 0 Å². The Bertz CT molecular complexity index is 586. The molecule has 104 valence electrons. The summed E-state index contributed by atoms with van der Waals surface area (Å²) in [7, 11) is 0. The third-order valence-corrected chi connectivity index (χ3v) is 6.21. The summed E-state index contributed by atoms with van der Waals surface area (Å²) < 4.78 is 0. The van der Waals surface area contributed by atoms with E-state index in [1.54, 1.807) is 0 Å². The quantitative estimate of drug-likeness (QED) is 0.526. The molecule has 0 amide bonds. The molecule has 0 aliphatic carbocycles. The molecular formula is C18H20S2. The van der Waals surface area contributed by atoms with Gasteiger partial charge in [-0.2, -0.15) is 0 Å². The minimum absolute atomic E-state index is 0.584. The van der Waals surface area contributed by atoms with E-state index in [2.05, 4.69) is 64.1 Å². The van der Waals surface area contributed by atoms with Crippen molar-refractivity contribution < 1.29 is 0 Å². The van der Waals surface area contributed by atoms with Gasteiger partial charge < -0.3 is 0 Å². The van der Waals surface area contributed by atoms with Gasteiger partial charge in [0.2, 0.25) is 0 Å². The van der Waals surface area contributed by atoms with Crippen LogP contribution in [-0.4, -0.2) is 0 Å². The first-order chi connectivity index (χ1) is 9.56. The van der Waals surface area contributed by atoms with Gasteiger partial charge in [-0.05, 0) is 47.2 Å². The maximum absolute atomic E-state index is 2.42. The van der Waals surface area contributed by atoms with E-state index in [4.69, 9.17) is 0 Å². The molecule has 0 bridgehead atoms. The first-order valence-corrected chi connectivity index (χ1v) is 8.82. The lowest BCUT2D eigenvalue weighted by Crippen LogP contribution is -2.01. The van der Waals surface area contributed by atoms with E-state index in [1.807, 2.05) is 23.5 Å². The van der Waals surface area contributed by atoms with Gasteiger partial charge in [-0.25, -0.2) is 0 Å². The zero-order valence-corrected chi connectivity index (χ0v) is 14.1. The van der Waals surface area contributed by atoms with E-state index in [1.165, 1.54) is 30.7 Å². The summed E-state index contributed by atoms with van der Waals surface area (Å²) in [6.45, 7) is 9.18. The number of hydrogen-bond acceptors (Lipinski definition) is 2. The Kier molecular flexibility index (Phi) is 3.87. The fraction of sp³-hybridized carbons (Fsp3) is 0.333. The van der Waals surface area contributed by atoms with Crippen molar-refractivity contribution >= 4 is 23.5 Å². The Balaban J connectivity index is 2.10. The molecule has 0 N–H and O–H groups in total. The summed E-state index contributed by atoms with van der Waals surface area (Å²) in [5.74, 6) is 1.17. The van der Waals surface area contributed by atoms with Crippen LogP contribution >= 0.6 is 23.5 Å². The minimum atomic E-state index is 0.584. The van der Waals surface area contributed by atoms with Crippen LogP contribution in [0.4, 0.5) is 0 Å². The van der Waals surface area contributed by atoms with Crippen LogP contribution in [-0.2, 0) is 0 Å². The third kappa shape index (κ3) is 2.51. The minimum Gasteiger partial charge on any atom is -0.0877 e. The molecule has 0 radical (unpaired) electrons. The standard InChI is InChI=1S/C18H20S2/c1-11(2)13-9-17-18(10-14(13)12(3)4)20-16-8-6-5-7-15(16)19-17/h5-12H,1-4H3. The van der Waals surface area contributed by atoms with Crippen molar-refractivity contribution in [1.29, 1.82) is 0 Å². The van der Waals surface area contributed by atoms with Crippen LogP contribution in [0.1, 0.15) is 50.7 Å². The monoisotopic (exact) mass is 300 g/mol. The summed E-state index contributed by atoms with van der Waals surface area (Å²) in [6, 6.07) is 13.5. The van der Waals surface area contributed by atoms with Gasteiger partial charge in [0.1, 0.15) is 0 Å². The molecule has 0 atom stereocenters. The fourth-order valence-electron chi connectivity index (χ4n) is 2.61. The number of hydrogen-bond donors (Lipinski definition) is 0. The molecular weight excluding hydrogens is 280 g/mol. The first kappa shape index (κ1) is 14.1. The Morgan fingerprint density at radius 1 is 0.650 bits per heavy atom. The van der Waals surface area contributed by atoms with E-state index in [-0.39, 0.29) is 0 Å². The highest BCUT2D eigenvalue weighted by Gasteiger charge is 2.20. The van der Waals surface area contributed by atoms with Gasteiger partial charge in [-0.1, -0.05) is 63.4 Å². The van der Waals surface area contributed by atoms with Crippen LogP contribution in [0.3, 0.4) is 0 Å². The van der Waals surface area contributed by atoms with Crippen molar-refractivity contribution in [2.75, 3.05) is 0 Å². The molecule has 3 rings (SSSR count). The molecule has 0 aromatic heterocycles. The van der Waals surface area contributed by atoms with Gasteiger partial charge in [0.25, 0.3) is 0 Å². The Morgan fingerprint density at radius 3 is 1.40 bits per heavy atom. The SMILES string of the molecule is CC(C)c1cc2c(cc1C(C)C)Sc1ccccc1S2. The molecule has 1 heterocycles. The number of fused-ring (bicyclic) bond motifs is 2. The molecule has 0 saturated carbocycles. The van der Waals surface area contributed by atoms with Gasteiger partial charge in [0.15, 0.2) is 0 Å². The molecule has 0 nitrogen and oxygen atoms in total. The lowest BCUT2D eigenvalue weighted by atomic mass is 9.91. The average Bonchev–Trinajstić information content (AvgIpc) is 2.43. The maximum atomic E-state index is 2.42. The average molecular weight is 300 g/mol. The molecule has 0 saturated heterocycles. The van der Waals surface area contributed by atoms with Crippen LogP contribution in [0.2, 0.25) is 0 Å². The summed E-state index contributed by atoms with van der Waals surface area (Å²) in [5, 5.41) is 0. The van der Waals surface area contributed by atoms with E-state index < -0.39 is 0 Å². The molecule has 1 aliphatic rings. The van der Waals surface area contributed by atoms with E-state index in [0.717, 1.165) is 0 Å². The molecule has 2 aromatic rings. The smallest absolute Gasteiger partial charge is 0.0265 e. The van der Waals surface area contributed by atoms with Crippen LogP contribution in [0.5, 0.6) is 0 Å². The second-order valence-corrected chi connectivity index (χ2v) is 8.06. The van der Waals surface area contributed by atoms with Gasteiger partial charge in [0, 0.05) is 19.6 Å². The molecule has 2 heteroatoms. The van der Waals surface area contributed by atoms with Crippen molar-refractivity contribution in [3.8, 4) is 0 Å². The van der Waals surface area contributed by atoms with Crippen LogP contribution in [0.15, 0.2) is 56.0 Å². The molecule has 0 spiro atoms. The predicted octanol–water partition coefficient (Wildman–Crippen LogP) is 6.55. The number of benzene rings is 2. The van der Waals surface area contributed by atoms with Gasteiger partial charge in [-0.15, -0.1) is 0 Å². The van der Waals surface area contributed by atoms with E-state index in [0.29, 0.717) is 11.8 Å². The fourth-order valence-corrected chi connectivity index (χ4v) is 4.90. The highest BCUT2D eigenvalue weighted by atomic mass is 32.2.